The Morgan fingerprint density at radius 2 is 0.653 bits per heavy atom. The van der Waals surface area contributed by atoms with E-state index >= 15 is 0 Å². The Hall–Kier alpha value is -8.67. The Kier molecular flexibility index (Phi) is 8.91. The third kappa shape index (κ3) is 5.34. The van der Waals surface area contributed by atoms with Crippen molar-refractivity contribution in [2.24, 2.45) is 0 Å². The van der Waals surface area contributed by atoms with Gasteiger partial charge in [0.2, 0.25) is 0 Å². The van der Waals surface area contributed by atoms with Crippen LogP contribution in [-0.2, 0) is 0 Å². The standard InChI is InChI=1S/C18N12.C12H3F4N3.2H2/c19-1-7-8(2-20)26-14-13(25-7)15-17(29-10(4-22)9(3-21)27-15)18-16(14)28-11(5-23)12(6-24)30-18;1-5(2-17)7-9(13)11(15)8(6(3-18)4-19)12(16)10(7)14;;/h;1H3;2*1H/i;;1+1;. The first kappa shape index (κ1) is 33.2. The predicted octanol–water partition coefficient (Wildman–Crippen LogP) is 2.37. The topological polar surface area (TPSA) is 291 Å². The molecule has 2 aromatic carbocycles. The molecular weight excluding hydrogens is 646 g/mol. The van der Waals surface area contributed by atoms with Crippen molar-refractivity contribution in [2.45, 2.75) is 6.92 Å². The molecule has 0 unspecified atom stereocenters. The first-order valence-electron chi connectivity index (χ1n) is 12.5. The predicted molar refractivity (Wildman–Crippen MR) is 153 cm³/mol. The molecule has 0 spiro atoms. The van der Waals surface area contributed by atoms with Crippen LogP contribution in [0.3, 0.4) is 0 Å². The molecular formula is C30H7F4N15. The molecule has 49 heavy (non-hydrogen) atoms. The molecule has 3 heterocycles. The normalized spacial score (nSPS) is 9.55. The van der Waals surface area contributed by atoms with Gasteiger partial charge >= 0.3 is 0 Å². The fraction of sp³-hybridized carbons (Fsp3) is 0.0333. The van der Waals surface area contributed by atoms with Gasteiger partial charge in [0.1, 0.15) is 87.2 Å². The average Bonchev–Trinajstić information content (AvgIpc) is 3.14. The van der Waals surface area contributed by atoms with Crippen LogP contribution in [0.1, 0.15) is 43.9 Å². The van der Waals surface area contributed by atoms with E-state index in [1.165, 1.54) is 6.07 Å². The second-order valence-corrected chi connectivity index (χ2v) is 8.87. The van der Waals surface area contributed by atoms with E-state index in [-0.39, 0.29) is 70.1 Å². The molecule has 0 bridgehead atoms. The maximum Gasteiger partial charge on any atom is 0.177 e. The maximum atomic E-state index is 13.6. The van der Waals surface area contributed by atoms with Crippen molar-refractivity contribution in [3.63, 3.8) is 0 Å². The molecule has 230 valence electrons. The molecule has 3 aromatic heterocycles. The second kappa shape index (κ2) is 13.1. The lowest BCUT2D eigenvalue weighted by Gasteiger charge is -2.09. The second-order valence-electron chi connectivity index (χ2n) is 8.87. The summed E-state index contributed by atoms with van der Waals surface area (Å²) in [6.45, 7) is 0.971. The van der Waals surface area contributed by atoms with E-state index in [2.05, 4.69) is 29.9 Å². The van der Waals surface area contributed by atoms with E-state index < -0.39 is 44.9 Å². The zero-order valence-electron chi connectivity index (χ0n) is 23.7. The summed E-state index contributed by atoms with van der Waals surface area (Å²) in [6, 6.07) is 14.1. The zero-order valence-corrected chi connectivity index (χ0v) is 23.7. The van der Waals surface area contributed by atoms with Gasteiger partial charge in [-0.2, -0.15) is 47.4 Å². The van der Waals surface area contributed by atoms with E-state index in [0.29, 0.717) is 0 Å². The van der Waals surface area contributed by atoms with Crippen LogP contribution in [-0.4, -0.2) is 29.9 Å². The fourth-order valence-electron chi connectivity index (χ4n) is 4.14. The molecule has 5 aromatic rings. The third-order valence-electron chi connectivity index (χ3n) is 6.28. The van der Waals surface area contributed by atoms with Crippen molar-refractivity contribution >= 4 is 44.2 Å². The minimum Gasteiger partial charge on any atom is -0.230 e. The minimum atomic E-state index is -1.89. The van der Waals surface area contributed by atoms with Gasteiger partial charge in [-0.3, -0.25) is 0 Å². The summed E-state index contributed by atoms with van der Waals surface area (Å²) in [7, 11) is 0. The molecule has 19 heteroatoms. The summed E-state index contributed by atoms with van der Waals surface area (Å²) < 4.78 is 54.4. The highest BCUT2D eigenvalue weighted by molar-refractivity contribution is 6.18. The van der Waals surface area contributed by atoms with E-state index in [4.69, 9.17) is 15.8 Å². The van der Waals surface area contributed by atoms with Crippen LogP contribution in [0.4, 0.5) is 17.6 Å². The molecule has 5 rings (SSSR count). The van der Waals surface area contributed by atoms with Gasteiger partial charge in [-0.25, -0.2) is 47.5 Å². The third-order valence-corrected chi connectivity index (χ3v) is 6.28. The summed E-state index contributed by atoms with van der Waals surface area (Å²) in [5, 5.41) is 78.7. The van der Waals surface area contributed by atoms with Crippen LogP contribution in [0.2, 0.25) is 0 Å². The minimum absolute atomic E-state index is 0. The Morgan fingerprint density at radius 3 is 0.837 bits per heavy atom. The highest BCUT2D eigenvalue weighted by Gasteiger charge is 2.24. The van der Waals surface area contributed by atoms with Gasteiger partial charge in [-0.05, 0) is 6.92 Å². The van der Waals surface area contributed by atoms with E-state index in [1.54, 1.807) is 36.4 Å². The quantitative estimate of drug-likeness (QED) is 0.131. The molecule has 0 atom stereocenters. The number of halogens is 4. The van der Waals surface area contributed by atoms with E-state index in [1.807, 2.05) is 0 Å². The van der Waals surface area contributed by atoms with Gasteiger partial charge in [0, 0.05) is 8.43 Å². The smallest absolute Gasteiger partial charge is 0.177 e. The van der Waals surface area contributed by atoms with Crippen molar-refractivity contribution in [1.82, 2.24) is 29.9 Å². The Balaban J connectivity index is 0.000000375. The lowest BCUT2D eigenvalue weighted by Crippen LogP contribution is -2.30. The van der Waals surface area contributed by atoms with Gasteiger partial charge < -0.3 is 0 Å². The Bertz CT molecular complexity index is 2490. The summed E-state index contributed by atoms with van der Waals surface area (Å²) in [5.41, 5.74) is -3.58. The van der Waals surface area contributed by atoms with Gasteiger partial charge in [0.15, 0.2) is 57.4 Å². The molecule has 15 nitrogen and oxygen atoms in total. The molecule has 0 N–H and O–H groups in total. The fourth-order valence-corrected chi connectivity index (χ4v) is 4.14. The molecule has 0 aliphatic rings. The number of fused-ring (bicyclic) bond motifs is 6. The largest absolute Gasteiger partial charge is 0.230 e. The van der Waals surface area contributed by atoms with Crippen molar-refractivity contribution in [3.05, 3.63) is 67.9 Å². The van der Waals surface area contributed by atoms with Crippen LogP contribution >= 0.6 is 0 Å². The Labute approximate surface area is 271 Å². The molecule has 0 fully saturated rings. The Morgan fingerprint density at radius 1 is 0.429 bits per heavy atom. The highest BCUT2D eigenvalue weighted by atomic mass is 19.2. The number of nitrogens with zero attached hydrogens (tertiary/aromatic N) is 15. The van der Waals surface area contributed by atoms with Gasteiger partial charge in [0.25, 0.3) is 0 Å². The first-order chi connectivity index (χ1) is 23.5. The van der Waals surface area contributed by atoms with Crippen molar-refractivity contribution < 1.29 is 20.4 Å². The lowest BCUT2D eigenvalue weighted by atomic mass is 10.1. The summed E-state index contributed by atoms with van der Waals surface area (Å²) in [5.74, 6) is -7.42. The summed E-state index contributed by atoms with van der Waals surface area (Å²) >= 11 is 0. The van der Waals surface area contributed by atoms with Gasteiger partial charge in [-0.1, -0.05) is 0 Å². The van der Waals surface area contributed by atoms with Crippen molar-refractivity contribution in [2.75, 3.05) is 0 Å². The monoisotopic (exact) mass is 654 g/mol. The van der Waals surface area contributed by atoms with Crippen LogP contribution in [0.25, 0.3) is 44.2 Å². The average molecular weight is 654 g/mol. The summed E-state index contributed by atoms with van der Waals surface area (Å²) in [4.78, 5) is 24.7. The number of hydrogen-bond acceptors (Lipinski definition) is 15. The first-order valence-corrected chi connectivity index (χ1v) is 12.5. The molecule has 0 saturated heterocycles. The SMILES string of the molecule is CC(C#N)=c1c(F)c(F)c(=C(C#N)C#N)c(F)c1F.N#Cc1nc2c3nc(C#N)c(C#N)nc3c3nc(C#N)c(C#N)nc3c2nc1C#N.[2HH].[HH]. The van der Waals surface area contributed by atoms with Crippen molar-refractivity contribution in [1.29, 1.82) is 47.4 Å². The molecule has 0 aliphatic carbocycles. The molecule has 0 aliphatic heterocycles. The summed E-state index contributed by atoms with van der Waals surface area (Å²) in [6.07, 6.45) is 0. The van der Waals surface area contributed by atoms with Crippen molar-refractivity contribution in [3.8, 4) is 54.6 Å². The van der Waals surface area contributed by atoms with E-state index in [0.717, 1.165) is 19.1 Å². The van der Waals surface area contributed by atoms with Gasteiger partial charge in [0.05, 0.1) is 16.5 Å². The highest BCUT2D eigenvalue weighted by Crippen LogP contribution is 2.31. The van der Waals surface area contributed by atoms with Crippen LogP contribution in [0.5, 0.6) is 0 Å². The lowest BCUT2D eigenvalue weighted by molar-refractivity contribution is 0.434. The van der Waals surface area contributed by atoms with Crippen LogP contribution in [0.15, 0.2) is 0 Å². The molecule has 0 radical (unpaired) electrons. The maximum absolute atomic E-state index is 13.6. The molecule has 0 saturated carbocycles. The zero-order chi connectivity index (χ0) is 36.2. The number of nitriles is 9. The van der Waals surface area contributed by atoms with Crippen LogP contribution < -0.4 is 10.4 Å². The van der Waals surface area contributed by atoms with Gasteiger partial charge in [-0.15, -0.1) is 0 Å². The van der Waals surface area contributed by atoms with Crippen LogP contribution in [0, 0.1) is 125 Å². The van der Waals surface area contributed by atoms with E-state index in [9.17, 15) is 49.1 Å². The molecule has 0 amide bonds. The number of benzene rings is 2. The number of hydrogen-bond donors (Lipinski definition) is 0. The number of aromatic nitrogens is 6. The number of rotatable bonds is 0.